The second-order valence-corrected chi connectivity index (χ2v) is 5.65. The molecule has 0 aliphatic heterocycles. The largest absolute Gasteiger partial charge is 0.374 e. The molecule has 2 unspecified atom stereocenters. The predicted molar refractivity (Wildman–Crippen MR) is 86.6 cm³/mol. The molecule has 1 aliphatic carbocycles. The molecule has 0 spiro atoms. The molecule has 5 heteroatoms. The van der Waals surface area contributed by atoms with Crippen molar-refractivity contribution in [1.82, 2.24) is 9.97 Å². The van der Waals surface area contributed by atoms with Crippen molar-refractivity contribution in [3.8, 4) is 0 Å². The van der Waals surface area contributed by atoms with E-state index in [1.807, 2.05) is 20.0 Å². The number of hydrogen-bond acceptors (Lipinski definition) is 5. The van der Waals surface area contributed by atoms with E-state index >= 15 is 0 Å². The molecule has 2 rings (SSSR count). The Morgan fingerprint density at radius 1 is 1.19 bits per heavy atom. The van der Waals surface area contributed by atoms with E-state index in [0.717, 1.165) is 23.4 Å². The number of anilines is 2. The Morgan fingerprint density at radius 2 is 1.95 bits per heavy atom. The number of rotatable bonds is 7. The molecule has 118 valence electrons. The van der Waals surface area contributed by atoms with Crippen molar-refractivity contribution in [3.05, 3.63) is 11.9 Å². The Balaban J connectivity index is 2.10. The molecule has 0 saturated heterocycles. The Morgan fingerprint density at radius 3 is 2.67 bits per heavy atom. The summed E-state index contributed by atoms with van der Waals surface area (Å²) in [6, 6.07) is 2.51. The molecule has 1 aliphatic rings. The van der Waals surface area contributed by atoms with Gasteiger partial charge in [-0.2, -0.15) is 0 Å². The first kappa shape index (κ1) is 16.0. The lowest BCUT2D eigenvalue weighted by Crippen LogP contribution is -2.32. The fraction of sp³-hybridized carbons (Fsp3) is 0.750. The minimum Gasteiger partial charge on any atom is -0.374 e. The second kappa shape index (κ2) is 8.17. The van der Waals surface area contributed by atoms with Gasteiger partial charge in [0.05, 0.1) is 0 Å². The second-order valence-electron chi connectivity index (χ2n) is 5.65. The Labute approximate surface area is 127 Å². The smallest absolute Gasteiger partial charge is 0.158 e. The van der Waals surface area contributed by atoms with Crippen molar-refractivity contribution in [3.63, 3.8) is 0 Å². The van der Waals surface area contributed by atoms with E-state index in [4.69, 9.17) is 4.74 Å². The number of nitrogens with zero attached hydrogens (tertiary/aromatic N) is 2. The summed E-state index contributed by atoms with van der Waals surface area (Å²) in [6.07, 6.45) is 6.46. The summed E-state index contributed by atoms with van der Waals surface area (Å²) >= 11 is 0. The van der Waals surface area contributed by atoms with Crippen molar-refractivity contribution in [2.75, 3.05) is 24.3 Å². The molecule has 1 fully saturated rings. The third kappa shape index (κ3) is 4.56. The molecule has 2 atom stereocenters. The van der Waals surface area contributed by atoms with Gasteiger partial charge in [-0.3, -0.25) is 0 Å². The van der Waals surface area contributed by atoms with Gasteiger partial charge in [0.25, 0.3) is 0 Å². The fourth-order valence-corrected chi connectivity index (χ4v) is 3.03. The zero-order chi connectivity index (χ0) is 15.1. The fourth-order valence-electron chi connectivity index (χ4n) is 3.03. The zero-order valence-electron chi connectivity index (χ0n) is 13.5. The molecule has 0 bridgehead atoms. The SMILES string of the molecule is CCOCc1nc(NC)cc(NC2CCCCC2CC)n1. The van der Waals surface area contributed by atoms with Gasteiger partial charge in [0, 0.05) is 25.8 Å². The van der Waals surface area contributed by atoms with E-state index < -0.39 is 0 Å². The highest BCUT2D eigenvalue weighted by Gasteiger charge is 2.24. The Hall–Kier alpha value is -1.36. The van der Waals surface area contributed by atoms with Crippen LogP contribution in [-0.2, 0) is 11.3 Å². The molecule has 1 aromatic heterocycles. The standard InChI is InChI=1S/C16H28N4O/c1-4-12-8-6-7-9-13(12)18-15-10-14(17-3)19-16(20-15)11-21-5-2/h10,12-13H,4-9,11H2,1-3H3,(H2,17,18,19,20). The van der Waals surface area contributed by atoms with Crippen molar-refractivity contribution >= 4 is 11.6 Å². The first-order valence-electron chi connectivity index (χ1n) is 8.16. The number of nitrogens with one attached hydrogen (secondary N) is 2. The summed E-state index contributed by atoms with van der Waals surface area (Å²) < 4.78 is 5.43. The Bertz CT molecular complexity index is 438. The average molecular weight is 292 g/mol. The number of aromatic nitrogens is 2. The minimum absolute atomic E-state index is 0.461. The van der Waals surface area contributed by atoms with E-state index in [1.54, 1.807) is 0 Å². The van der Waals surface area contributed by atoms with Crippen molar-refractivity contribution in [2.45, 2.75) is 58.6 Å². The zero-order valence-corrected chi connectivity index (χ0v) is 13.5. The summed E-state index contributed by atoms with van der Waals surface area (Å²) in [5.41, 5.74) is 0. The van der Waals surface area contributed by atoms with Crippen molar-refractivity contribution in [1.29, 1.82) is 0 Å². The highest BCUT2D eigenvalue weighted by atomic mass is 16.5. The number of ether oxygens (including phenoxy) is 1. The molecule has 0 amide bonds. The van der Waals surface area contributed by atoms with Crippen LogP contribution in [0, 0.1) is 5.92 Å². The van der Waals surface area contributed by atoms with Gasteiger partial charge in [-0.15, -0.1) is 0 Å². The molecule has 2 N–H and O–H groups in total. The van der Waals surface area contributed by atoms with Gasteiger partial charge in [0.15, 0.2) is 5.82 Å². The summed E-state index contributed by atoms with van der Waals surface area (Å²) in [4.78, 5) is 9.03. The number of hydrogen-bond donors (Lipinski definition) is 2. The predicted octanol–water partition coefficient (Wildman–Crippen LogP) is 3.44. The van der Waals surface area contributed by atoms with Crippen molar-refractivity contribution < 1.29 is 4.74 Å². The maximum Gasteiger partial charge on any atom is 0.158 e. The highest BCUT2D eigenvalue weighted by Crippen LogP contribution is 2.29. The highest BCUT2D eigenvalue weighted by molar-refractivity contribution is 5.47. The van der Waals surface area contributed by atoms with Gasteiger partial charge in [-0.1, -0.05) is 26.2 Å². The minimum atomic E-state index is 0.461. The van der Waals surface area contributed by atoms with Crippen LogP contribution in [0.2, 0.25) is 0 Å². The van der Waals surface area contributed by atoms with E-state index in [0.29, 0.717) is 19.3 Å². The van der Waals surface area contributed by atoms with Gasteiger partial charge >= 0.3 is 0 Å². The van der Waals surface area contributed by atoms with Crippen LogP contribution in [0.5, 0.6) is 0 Å². The molecular formula is C16H28N4O. The van der Waals surface area contributed by atoms with Crippen LogP contribution in [0.15, 0.2) is 6.07 Å². The van der Waals surface area contributed by atoms with E-state index in [9.17, 15) is 0 Å². The topological polar surface area (TPSA) is 59.1 Å². The van der Waals surface area contributed by atoms with Crippen LogP contribution >= 0.6 is 0 Å². The molecule has 5 nitrogen and oxygen atoms in total. The quantitative estimate of drug-likeness (QED) is 0.806. The molecule has 21 heavy (non-hydrogen) atoms. The lowest BCUT2D eigenvalue weighted by atomic mass is 9.83. The van der Waals surface area contributed by atoms with Gasteiger partial charge < -0.3 is 15.4 Å². The first-order chi connectivity index (χ1) is 10.3. The molecule has 1 aromatic rings. The van der Waals surface area contributed by atoms with Crippen molar-refractivity contribution in [2.24, 2.45) is 5.92 Å². The molecule has 1 heterocycles. The van der Waals surface area contributed by atoms with Gasteiger partial charge in [-0.25, -0.2) is 9.97 Å². The van der Waals surface area contributed by atoms with Crippen LogP contribution < -0.4 is 10.6 Å². The summed E-state index contributed by atoms with van der Waals surface area (Å²) in [6.45, 7) is 5.40. The maximum absolute atomic E-state index is 5.43. The average Bonchev–Trinajstić information content (AvgIpc) is 2.53. The van der Waals surface area contributed by atoms with E-state index in [2.05, 4.69) is 27.5 Å². The lowest BCUT2D eigenvalue weighted by Gasteiger charge is -2.32. The van der Waals surface area contributed by atoms with Crippen LogP contribution in [0.1, 0.15) is 51.8 Å². The maximum atomic E-state index is 5.43. The summed E-state index contributed by atoms with van der Waals surface area (Å²) in [7, 11) is 1.88. The lowest BCUT2D eigenvalue weighted by molar-refractivity contribution is 0.128. The molecule has 1 saturated carbocycles. The van der Waals surface area contributed by atoms with Gasteiger partial charge in [-0.05, 0) is 25.7 Å². The molecular weight excluding hydrogens is 264 g/mol. The first-order valence-corrected chi connectivity index (χ1v) is 8.16. The summed E-state index contributed by atoms with van der Waals surface area (Å²) in [5, 5.41) is 6.73. The normalized spacial score (nSPS) is 22.0. The molecule has 0 aromatic carbocycles. The van der Waals surface area contributed by atoms with Crippen LogP contribution in [0.4, 0.5) is 11.6 Å². The van der Waals surface area contributed by atoms with Crippen LogP contribution in [0.3, 0.4) is 0 Å². The summed E-state index contributed by atoms with van der Waals surface area (Å²) in [5.74, 6) is 3.23. The van der Waals surface area contributed by atoms with E-state index in [1.165, 1.54) is 32.1 Å². The third-order valence-electron chi connectivity index (χ3n) is 4.23. The monoisotopic (exact) mass is 292 g/mol. The third-order valence-corrected chi connectivity index (χ3v) is 4.23. The van der Waals surface area contributed by atoms with Gasteiger partial charge in [0.2, 0.25) is 0 Å². The van der Waals surface area contributed by atoms with Crippen LogP contribution in [0.25, 0.3) is 0 Å². The van der Waals surface area contributed by atoms with E-state index in [-0.39, 0.29) is 0 Å². The van der Waals surface area contributed by atoms with Crippen LogP contribution in [-0.4, -0.2) is 29.7 Å². The Kier molecular flexibility index (Phi) is 6.23. The molecule has 0 radical (unpaired) electrons. The van der Waals surface area contributed by atoms with Gasteiger partial charge in [0.1, 0.15) is 18.2 Å².